The van der Waals surface area contributed by atoms with Crippen LogP contribution in [0.4, 0.5) is 4.39 Å². The third-order valence-corrected chi connectivity index (χ3v) is 2.59. The van der Waals surface area contributed by atoms with Crippen LogP contribution in [0.1, 0.15) is 25.4 Å². The van der Waals surface area contributed by atoms with Crippen LogP contribution in [0.25, 0.3) is 11.3 Å². The third-order valence-electron chi connectivity index (χ3n) is 2.59. The molecule has 1 heterocycles. The molecule has 0 fully saturated rings. The van der Waals surface area contributed by atoms with E-state index in [2.05, 4.69) is 9.97 Å². The number of hydrogen-bond acceptors (Lipinski definition) is 2. The van der Waals surface area contributed by atoms with Crippen molar-refractivity contribution in [2.24, 2.45) is 0 Å². The molecular formula is C13H15FN2O. The molecule has 1 aromatic heterocycles. The summed E-state index contributed by atoms with van der Waals surface area (Å²) in [5, 5.41) is 9.86. The normalized spacial score (nSPS) is 11.8. The predicted molar refractivity (Wildman–Crippen MR) is 64.0 cm³/mol. The molecule has 90 valence electrons. The van der Waals surface area contributed by atoms with E-state index >= 15 is 0 Å². The lowest BCUT2D eigenvalue weighted by Gasteiger charge is -2.12. The van der Waals surface area contributed by atoms with Crippen molar-refractivity contribution in [1.29, 1.82) is 0 Å². The maximum absolute atomic E-state index is 13.6. The Bertz CT molecular complexity index is 541. The fourth-order valence-corrected chi connectivity index (χ4v) is 1.67. The fourth-order valence-electron chi connectivity index (χ4n) is 1.67. The molecule has 0 aliphatic rings. The molecule has 0 amide bonds. The maximum Gasteiger partial charge on any atom is 0.138 e. The van der Waals surface area contributed by atoms with Crippen molar-refractivity contribution in [2.45, 2.75) is 26.4 Å². The Kier molecular flexibility index (Phi) is 2.75. The van der Waals surface area contributed by atoms with Gasteiger partial charge in [-0.25, -0.2) is 9.37 Å². The summed E-state index contributed by atoms with van der Waals surface area (Å²) < 4.78 is 13.6. The van der Waals surface area contributed by atoms with E-state index in [1.807, 2.05) is 6.92 Å². The van der Waals surface area contributed by atoms with Gasteiger partial charge >= 0.3 is 0 Å². The number of aryl methyl sites for hydroxylation is 1. The van der Waals surface area contributed by atoms with Gasteiger partial charge in [-0.3, -0.25) is 0 Å². The van der Waals surface area contributed by atoms with Crippen LogP contribution in [-0.2, 0) is 5.60 Å². The average molecular weight is 234 g/mol. The van der Waals surface area contributed by atoms with Crippen molar-refractivity contribution < 1.29 is 9.50 Å². The van der Waals surface area contributed by atoms with Gasteiger partial charge in [0.25, 0.3) is 0 Å². The van der Waals surface area contributed by atoms with E-state index in [-0.39, 0.29) is 5.82 Å². The molecule has 0 bridgehead atoms. The Morgan fingerprint density at radius 1 is 1.29 bits per heavy atom. The molecule has 0 aliphatic heterocycles. The van der Waals surface area contributed by atoms with Crippen molar-refractivity contribution in [1.82, 2.24) is 9.97 Å². The fraction of sp³-hybridized carbons (Fsp3) is 0.308. The molecular weight excluding hydrogens is 219 g/mol. The Morgan fingerprint density at radius 3 is 2.47 bits per heavy atom. The summed E-state index contributed by atoms with van der Waals surface area (Å²) in [6.45, 7) is 5.08. The SMILES string of the molecule is Cc1[nH]c(C(C)(C)O)nc1-c1ccccc1F. The van der Waals surface area contributed by atoms with Crippen LogP contribution in [0.5, 0.6) is 0 Å². The third kappa shape index (κ3) is 2.22. The molecule has 4 heteroatoms. The second-order valence-corrected chi connectivity index (χ2v) is 4.60. The highest BCUT2D eigenvalue weighted by Gasteiger charge is 2.22. The van der Waals surface area contributed by atoms with Gasteiger partial charge in [0, 0.05) is 11.3 Å². The van der Waals surface area contributed by atoms with Gasteiger partial charge in [-0.05, 0) is 32.9 Å². The van der Waals surface area contributed by atoms with Crippen LogP contribution >= 0.6 is 0 Å². The van der Waals surface area contributed by atoms with E-state index in [1.165, 1.54) is 6.07 Å². The van der Waals surface area contributed by atoms with E-state index in [1.54, 1.807) is 32.0 Å². The summed E-state index contributed by atoms with van der Waals surface area (Å²) in [5.74, 6) is 0.123. The molecule has 1 aromatic carbocycles. The molecule has 0 aliphatic carbocycles. The zero-order valence-electron chi connectivity index (χ0n) is 10.1. The van der Waals surface area contributed by atoms with Gasteiger partial charge in [-0.1, -0.05) is 12.1 Å². The van der Waals surface area contributed by atoms with Crippen LogP contribution in [0.15, 0.2) is 24.3 Å². The van der Waals surface area contributed by atoms with E-state index in [0.29, 0.717) is 17.1 Å². The molecule has 0 atom stereocenters. The predicted octanol–water partition coefficient (Wildman–Crippen LogP) is 2.75. The Labute approximate surface area is 99.3 Å². The van der Waals surface area contributed by atoms with Gasteiger partial charge in [0.1, 0.15) is 17.2 Å². The number of nitrogens with zero attached hydrogens (tertiary/aromatic N) is 1. The number of nitrogens with one attached hydrogen (secondary N) is 1. The van der Waals surface area contributed by atoms with Crippen molar-refractivity contribution in [3.63, 3.8) is 0 Å². The van der Waals surface area contributed by atoms with Crippen LogP contribution in [0.3, 0.4) is 0 Å². The van der Waals surface area contributed by atoms with Gasteiger partial charge < -0.3 is 10.1 Å². The number of benzene rings is 1. The smallest absolute Gasteiger partial charge is 0.138 e. The first-order chi connectivity index (χ1) is 7.89. The van der Waals surface area contributed by atoms with Gasteiger partial charge in [0.05, 0.1) is 5.69 Å². The van der Waals surface area contributed by atoms with E-state index in [0.717, 1.165) is 5.69 Å². The van der Waals surface area contributed by atoms with Gasteiger partial charge in [0.2, 0.25) is 0 Å². The second kappa shape index (κ2) is 3.96. The number of hydrogen-bond donors (Lipinski definition) is 2. The number of aromatic amines is 1. The van der Waals surface area contributed by atoms with E-state index in [9.17, 15) is 9.50 Å². The first-order valence-corrected chi connectivity index (χ1v) is 5.44. The minimum atomic E-state index is -1.06. The van der Waals surface area contributed by atoms with E-state index < -0.39 is 5.60 Å². The molecule has 0 saturated carbocycles. The lowest BCUT2D eigenvalue weighted by molar-refractivity contribution is 0.0696. The summed E-state index contributed by atoms with van der Waals surface area (Å²) in [6, 6.07) is 6.47. The quantitative estimate of drug-likeness (QED) is 0.839. The Hall–Kier alpha value is -1.68. The molecule has 0 saturated heterocycles. The Morgan fingerprint density at radius 2 is 1.94 bits per heavy atom. The highest BCUT2D eigenvalue weighted by Crippen LogP contribution is 2.27. The van der Waals surface area contributed by atoms with Gasteiger partial charge in [0.15, 0.2) is 0 Å². The largest absolute Gasteiger partial charge is 0.383 e. The lowest BCUT2D eigenvalue weighted by Crippen LogP contribution is -2.17. The Balaban J connectivity index is 2.55. The first kappa shape index (κ1) is 11.8. The minimum absolute atomic E-state index is 0.315. The molecule has 17 heavy (non-hydrogen) atoms. The number of halogens is 1. The highest BCUT2D eigenvalue weighted by atomic mass is 19.1. The number of H-pyrrole nitrogens is 1. The van der Waals surface area contributed by atoms with E-state index in [4.69, 9.17) is 0 Å². The summed E-state index contributed by atoms with van der Waals surface area (Å²) in [7, 11) is 0. The van der Waals surface area contributed by atoms with Crippen LogP contribution < -0.4 is 0 Å². The summed E-state index contributed by atoms with van der Waals surface area (Å²) in [4.78, 5) is 7.25. The minimum Gasteiger partial charge on any atom is -0.383 e. The monoisotopic (exact) mass is 234 g/mol. The van der Waals surface area contributed by atoms with Gasteiger partial charge in [-0.15, -0.1) is 0 Å². The number of aliphatic hydroxyl groups is 1. The highest BCUT2D eigenvalue weighted by molar-refractivity contribution is 5.62. The summed E-state index contributed by atoms with van der Waals surface area (Å²) in [6.07, 6.45) is 0. The molecule has 2 aromatic rings. The average Bonchev–Trinajstić information content (AvgIpc) is 2.61. The molecule has 0 radical (unpaired) electrons. The van der Waals surface area contributed by atoms with Crippen LogP contribution in [0, 0.1) is 12.7 Å². The van der Waals surface area contributed by atoms with Crippen molar-refractivity contribution in [3.05, 3.63) is 41.6 Å². The summed E-state index contributed by atoms with van der Waals surface area (Å²) in [5.41, 5.74) is 0.665. The molecule has 3 nitrogen and oxygen atoms in total. The first-order valence-electron chi connectivity index (χ1n) is 5.44. The zero-order valence-corrected chi connectivity index (χ0v) is 10.1. The van der Waals surface area contributed by atoms with Gasteiger partial charge in [-0.2, -0.15) is 0 Å². The molecule has 0 unspecified atom stereocenters. The van der Waals surface area contributed by atoms with Crippen molar-refractivity contribution >= 4 is 0 Å². The number of imidazole rings is 1. The van der Waals surface area contributed by atoms with Crippen molar-refractivity contribution in [2.75, 3.05) is 0 Å². The zero-order chi connectivity index (χ0) is 12.6. The summed E-state index contributed by atoms with van der Waals surface area (Å²) >= 11 is 0. The molecule has 2 rings (SSSR count). The lowest BCUT2D eigenvalue weighted by atomic mass is 10.1. The number of rotatable bonds is 2. The van der Waals surface area contributed by atoms with Crippen LogP contribution in [0.2, 0.25) is 0 Å². The number of aromatic nitrogens is 2. The van der Waals surface area contributed by atoms with Crippen LogP contribution in [-0.4, -0.2) is 15.1 Å². The molecule has 2 N–H and O–H groups in total. The van der Waals surface area contributed by atoms with Crippen molar-refractivity contribution in [3.8, 4) is 11.3 Å². The molecule has 0 spiro atoms. The topological polar surface area (TPSA) is 48.9 Å². The second-order valence-electron chi connectivity index (χ2n) is 4.60. The maximum atomic E-state index is 13.6. The standard InChI is InChI=1S/C13H15FN2O/c1-8-11(9-6-4-5-7-10(9)14)16-12(15-8)13(2,3)17/h4-7,17H,1-3H3,(H,15,16).